The highest BCUT2D eigenvalue weighted by Crippen LogP contribution is 2.17. The predicted octanol–water partition coefficient (Wildman–Crippen LogP) is 2.60. The molecule has 0 aliphatic rings. The van der Waals surface area contributed by atoms with Gasteiger partial charge in [-0.05, 0) is 38.0 Å². The van der Waals surface area contributed by atoms with Crippen molar-refractivity contribution < 1.29 is 0 Å². The largest absolute Gasteiger partial charge is 0.399 e. The summed E-state index contributed by atoms with van der Waals surface area (Å²) in [6.45, 7) is 6.61. The van der Waals surface area contributed by atoms with E-state index in [1.54, 1.807) is 6.20 Å². The van der Waals surface area contributed by atoms with Crippen molar-refractivity contribution in [2.45, 2.75) is 27.3 Å². The number of hydrogen-bond donors (Lipinski definition) is 2. The van der Waals surface area contributed by atoms with Crippen molar-refractivity contribution in [3.05, 3.63) is 46.9 Å². The van der Waals surface area contributed by atoms with E-state index in [1.165, 1.54) is 5.56 Å². The molecule has 2 rings (SSSR count). The first kappa shape index (κ1) is 12.4. The quantitative estimate of drug-likeness (QED) is 0.812. The van der Waals surface area contributed by atoms with Crippen LogP contribution in [0.15, 0.2) is 24.4 Å². The van der Waals surface area contributed by atoms with Crippen LogP contribution in [-0.2, 0) is 6.54 Å². The van der Waals surface area contributed by atoms with Gasteiger partial charge in [-0.3, -0.25) is 4.98 Å². The summed E-state index contributed by atoms with van der Waals surface area (Å²) < 4.78 is 0. The summed E-state index contributed by atoms with van der Waals surface area (Å²) in [5.74, 6) is 0.830. The Hall–Kier alpha value is -2.10. The van der Waals surface area contributed by atoms with Crippen LogP contribution in [0.4, 0.5) is 11.5 Å². The summed E-state index contributed by atoms with van der Waals surface area (Å²) in [6, 6.07) is 5.95. The Morgan fingerprint density at radius 2 is 2.00 bits per heavy atom. The molecule has 3 N–H and O–H groups in total. The molecule has 1 aromatic heterocycles. The average molecular weight is 242 g/mol. The summed E-state index contributed by atoms with van der Waals surface area (Å²) in [5.41, 5.74) is 10.8. The zero-order valence-electron chi connectivity index (χ0n) is 11.0. The zero-order chi connectivity index (χ0) is 13.1. The minimum absolute atomic E-state index is 0.704. The lowest BCUT2D eigenvalue weighted by atomic mass is 10.1. The first-order chi connectivity index (χ1) is 8.58. The van der Waals surface area contributed by atoms with Gasteiger partial charge in [0.15, 0.2) is 0 Å². The molecule has 0 aliphatic heterocycles. The highest BCUT2D eigenvalue weighted by molar-refractivity contribution is 5.51. The van der Waals surface area contributed by atoms with Crippen LogP contribution in [0.5, 0.6) is 0 Å². The van der Waals surface area contributed by atoms with Gasteiger partial charge in [0.1, 0.15) is 5.82 Å². The van der Waals surface area contributed by atoms with Crippen LogP contribution >= 0.6 is 0 Å². The predicted molar refractivity (Wildman–Crippen MR) is 74.4 cm³/mol. The van der Waals surface area contributed by atoms with Crippen LogP contribution in [0.2, 0.25) is 0 Å². The Morgan fingerprint density at radius 3 is 2.78 bits per heavy atom. The summed E-state index contributed by atoms with van der Waals surface area (Å²) in [5, 5.41) is 3.31. The van der Waals surface area contributed by atoms with E-state index in [4.69, 9.17) is 5.73 Å². The Labute approximate surface area is 107 Å². The second-order valence-corrected chi connectivity index (χ2v) is 4.43. The molecule has 0 atom stereocenters. The number of nitrogens with zero attached hydrogens (tertiary/aromatic N) is 2. The number of aromatic nitrogens is 2. The number of aryl methyl sites for hydroxylation is 2. The SMILES string of the molecule is Cc1cnc(C)c(NCc2cccc(N)c2C)n1. The number of nitrogens with two attached hydrogens (primary N) is 1. The third kappa shape index (κ3) is 2.59. The summed E-state index contributed by atoms with van der Waals surface area (Å²) in [6.07, 6.45) is 1.77. The standard InChI is InChI=1S/C14H18N4/c1-9-7-16-11(3)14(18-9)17-8-12-5-4-6-13(15)10(12)2/h4-7H,8,15H2,1-3H3,(H,17,18). The molecule has 2 aromatic rings. The first-order valence-corrected chi connectivity index (χ1v) is 5.96. The number of benzene rings is 1. The molecule has 4 nitrogen and oxygen atoms in total. The number of nitrogen functional groups attached to an aromatic ring is 1. The van der Waals surface area contributed by atoms with E-state index in [0.29, 0.717) is 6.54 Å². The summed E-state index contributed by atoms with van der Waals surface area (Å²) >= 11 is 0. The van der Waals surface area contributed by atoms with E-state index in [1.807, 2.05) is 32.9 Å². The minimum Gasteiger partial charge on any atom is -0.399 e. The molecule has 0 unspecified atom stereocenters. The van der Waals surface area contributed by atoms with Crippen LogP contribution < -0.4 is 11.1 Å². The van der Waals surface area contributed by atoms with Crippen LogP contribution in [0.3, 0.4) is 0 Å². The Bertz CT molecular complexity index is 562. The summed E-state index contributed by atoms with van der Waals surface area (Å²) in [7, 11) is 0. The van der Waals surface area contributed by atoms with E-state index in [9.17, 15) is 0 Å². The van der Waals surface area contributed by atoms with E-state index in [-0.39, 0.29) is 0 Å². The molecule has 4 heteroatoms. The molecule has 0 radical (unpaired) electrons. The van der Waals surface area contributed by atoms with Gasteiger partial charge in [-0.2, -0.15) is 0 Å². The Balaban J connectivity index is 2.16. The van der Waals surface area contributed by atoms with Crippen molar-refractivity contribution in [1.82, 2.24) is 9.97 Å². The van der Waals surface area contributed by atoms with E-state index < -0.39 is 0 Å². The lowest BCUT2D eigenvalue weighted by Gasteiger charge is -2.11. The normalized spacial score (nSPS) is 10.4. The van der Waals surface area contributed by atoms with Gasteiger partial charge in [0.2, 0.25) is 0 Å². The monoisotopic (exact) mass is 242 g/mol. The van der Waals surface area contributed by atoms with Gasteiger partial charge in [-0.1, -0.05) is 12.1 Å². The highest BCUT2D eigenvalue weighted by Gasteiger charge is 2.04. The maximum atomic E-state index is 5.89. The van der Waals surface area contributed by atoms with E-state index >= 15 is 0 Å². The van der Waals surface area contributed by atoms with Crippen LogP contribution in [0.25, 0.3) is 0 Å². The van der Waals surface area contributed by atoms with Crippen molar-refractivity contribution in [2.24, 2.45) is 0 Å². The van der Waals surface area contributed by atoms with Crippen molar-refractivity contribution in [1.29, 1.82) is 0 Å². The van der Waals surface area contributed by atoms with Crippen LogP contribution in [-0.4, -0.2) is 9.97 Å². The van der Waals surface area contributed by atoms with Crippen molar-refractivity contribution in [3.63, 3.8) is 0 Å². The van der Waals surface area contributed by atoms with Gasteiger partial charge in [0.25, 0.3) is 0 Å². The molecule has 1 aromatic carbocycles. The van der Waals surface area contributed by atoms with Crippen molar-refractivity contribution >= 4 is 11.5 Å². The van der Waals surface area contributed by atoms with Gasteiger partial charge < -0.3 is 11.1 Å². The molecule has 0 saturated heterocycles. The minimum atomic E-state index is 0.704. The fourth-order valence-corrected chi connectivity index (χ4v) is 1.78. The molecule has 0 amide bonds. The zero-order valence-corrected chi connectivity index (χ0v) is 11.0. The van der Waals surface area contributed by atoms with Gasteiger partial charge in [-0.15, -0.1) is 0 Å². The van der Waals surface area contributed by atoms with Gasteiger partial charge in [0.05, 0.1) is 11.4 Å². The Morgan fingerprint density at radius 1 is 1.22 bits per heavy atom. The third-order valence-electron chi connectivity index (χ3n) is 3.01. The fourth-order valence-electron chi connectivity index (χ4n) is 1.78. The second-order valence-electron chi connectivity index (χ2n) is 4.43. The van der Waals surface area contributed by atoms with Gasteiger partial charge in [0, 0.05) is 18.4 Å². The fraction of sp³-hybridized carbons (Fsp3) is 0.286. The molecule has 0 aliphatic carbocycles. The third-order valence-corrected chi connectivity index (χ3v) is 3.01. The molecular formula is C14H18N4. The maximum Gasteiger partial charge on any atom is 0.148 e. The molecule has 0 bridgehead atoms. The topological polar surface area (TPSA) is 63.8 Å². The average Bonchev–Trinajstić information content (AvgIpc) is 2.35. The maximum absolute atomic E-state index is 5.89. The molecule has 0 saturated carbocycles. The van der Waals surface area contributed by atoms with Crippen LogP contribution in [0.1, 0.15) is 22.5 Å². The molecule has 1 heterocycles. The first-order valence-electron chi connectivity index (χ1n) is 5.96. The number of rotatable bonds is 3. The second kappa shape index (κ2) is 5.04. The van der Waals surface area contributed by atoms with Gasteiger partial charge >= 0.3 is 0 Å². The molecular weight excluding hydrogens is 224 g/mol. The number of hydrogen-bond acceptors (Lipinski definition) is 4. The lowest BCUT2D eigenvalue weighted by Crippen LogP contribution is -2.07. The molecule has 0 spiro atoms. The molecule has 18 heavy (non-hydrogen) atoms. The van der Waals surface area contributed by atoms with Crippen molar-refractivity contribution in [2.75, 3.05) is 11.1 Å². The molecule has 0 fully saturated rings. The lowest BCUT2D eigenvalue weighted by molar-refractivity contribution is 1.01. The number of nitrogens with one attached hydrogen (secondary N) is 1. The van der Waals surface area contributed by atoms with Crippen molar-refractivity contribution in [3.8, 4) is 0 Å². The Kier molecular flexibility index (Phi) is 3.46. The summed E-state index contributed by atoms with van der Waals surface area (Å²) in [4.78, 5) is 8.72. The smallest absolute Gasteiger partial charge is 0.148 e. The number of anilines is 2. The van der Waals surface area contributed by atoms with E-state index in [0.717, 1.165) is 28.5 Å². The van der Waals surface area contributed by atoms with E-state index in [2.05, 4.69) is 21.4 Å². The van der Waals surface area contributed by atoms with Crippen LogP contribution in [0, 0.1) is 20.8 Å². The van der Waals surface area contributed by atoms with Gasteiger partial charge in [-0.25, -0.2) is 4.98 Å². The molecule has 94 valence electrons. The highest BCUT2D eigenvalue weighted by atomic mass is 15.0.